The van der Waals surface area contributed by atoms with E-state index >= 15 is 0 Å². The second-order valence-electron chi connectivity index (χ2n) is 7.92. The van der Waals surface area contributed by atoms with Gasteiger partial charge in [-0.15, -0.1) is 11.3 Å². The minimum Gasteiger partial charge on any atom is -0.383 e. The summed E-state index contributed by atoms with van der Waals surface area (Å²) in [6.07, 6.45) is 2.83. The third kappa shape index (κ3) is 4.49. The van der Waals surface area contributed by atoms with Crippen molar-refractivity contribution < 1.29 is 9.59 Å². The smallest absolute Gasteiger partial charge is 0.323 e. The van der Waals surface area contributed by atoms with Crippen LogP contribution in [0.1, 0.15) is 32.3 Å². The third-order valence-corrected chi connectivity index (χ3v) is 6.79. The van der Waals surface area contributed by atoms with Crippen molar-refractivity contribution in [1.29, 1.82) is 0 Å². The number of rotatable bonds is 5. The van der Waals surface area contributed by atoms with Crippen molar-refractivity contribution >= 4 is 56.6 Å². The highest BCUT2D eigenvalue weighted by Gasteiger charge is 2.40. The molecule has 3 N–H and O–H groups in total. The van der Waals surface area contributed by atoms with Crippen LogP contribution in [0.15, 0.2) is 36.7 Å². The van der Waals surface area contributed by atoms with Gasteiger partial charge in [0.2, 0.25) is 5.91 Å². The minimum absolute atomic E-state index is 0.0488. The molecule has 1 aliphatic heterocycles. The second kappa shape index (κ2) is 9.30. The molecule has 0 unspecified atom stereocenters. The molecule has 1 fully saturated rings. The molecule has 32 heavy (non-hydrogen) atoms. The minimum atomic E-state index is -0.509. The van der Waals surface area contributed by atoms with Crippen LogP contribution in [0, 0.1) is 0 Å². The van der Waals surface area contributed by atoms with Gasteiger partial charge in [0, 0.05) is 24.5 Å². The van der Waals surface area contributed by atoms with Crippen LogP contribution < -0.4 is 11.1 Å². The molecule has 0 saturated carbocycles. The number of carbonyl (C=O) groups is 2. The van der Waals surface area contributed by atoms with Gasteiger partial charge in [-0.3, -0.25) is 10.1 Å². The number of fused-ring (bicyclic) bond motifs is 1. The summed E-state index contributed by atoms with van der Waals surface area (Å²) in [5, 5.41) is 4.33. The topological polar surface area (TPSA) is 104 Å². The van der Waals surface area contributed by atoms with Crippen LogP contribution in [0.4, 0.5) is 15.6 Å². The average Bonchev–Trinajstić information content (AvgIpc) is 3.17. The van der Waals surface area contributed by atoms with Crippen molar-refractivity contribution in [3.63, 3.8) is 0 Å². The van der Waals surface area contributed by atoms with E-state index in [-0.39, 0.29) is 18.0 Å². The van der Waals surface area contributed by atoms with E-state index in [4.69, 9.17) is 17.3 Å². The van der Waals surface area contributed by atoms with Crippen molar-refractivity contribution in [2.24, 2.45) is 0 Å². The highest BCUT2D eigenvalue weighted by molar-refractivity contribution is 7.20. The maximum Gasteiger partial charge on any atom is 0.323 e. The number of hydrogen-bond acceptors (Lipinski definition) is 6. The summed E-state index contributed by atoms with van der Waals surface area (Å²) in [7, 11) is 0. The number of hydrogen-bond donors (Lipinski definition) is 2. The number of nitrogens with zero attached hydrogens (tertiary/aromatic N) is 4. The van der Waals surface area contributed by atoms with Gasteiger partial charge in [-0.05, 0) is 43.2 Å². The predicted molar refractivity (Wildman–Crippen MR) is 128 cm³/mol. The Morgan fingerprint density at radius 1 is 1.31 bits per heavy atom. The number of aromatic nitrogens is 2. The molecule has 1 aromatic carbocycles. The quantitative estimate of drug-likeness (QED) is 0.574. The highest BCUT2D eigenvalue weighted by atomic mass is 35.5. The molecule has 1 aliphatic rings. The van der Waals surface area contributed by atoms with Crippen LogP contribution in [0.5, 0.6) is 0 Å². The van der Waals surface area contributed by atoms with E-state index < -0.39 is 6.04 Å². The van der Waals surface area contributed by atoms with Gasteiger partial charge in [-0.25, -0.2) is 14.8 Å². The zero-order chi connectivity index (χ0) is 22.8. The molecule has 1 saturated heterocycles. The van der Waals surface area contributed by atoms with Crippen molar-refractivity contribution in [2.75, 3.05) is 17.6 Å². The Morgan fingerprint density at radius 3 is 2.84 bits per heavy atom. The molecule has 2 aromatic heterocycles. The molecule has 4 rings (SSSR count). The Morgan fingerprint density at radius 2 is 2.12 bits per heavy atom. The molecule has 3 heterocycles. The molecule has 3 amide bonds. The molecule has 3 aromatic rings. The fraction of sp³-hybridized carbons (Fsp3) is 0.364. The highest BCUT2D eigenvalue weighted by Crippen LogP contribution is 2.28. The molecule has 8 nitrogen and oxygen atoms in total. The number of nitrogens with two attached hydrogens (primary N) is 1. The van der Waals surface area contributed by atoms with Crippen LogP contribution in [0.25, 0.3) is 10.9 Å². The van der Waals surface area contributed by atoms with Crippen LogP contribution in [0.3, 0.4) is 0 Å². The van der Waals surface area contributed by atoms with Crippen LogP contribution >= 0.6 is 22.9 Å². The van der Waals surface area contributed by atoms with Gasteiger partial charge >= 0.3 is 6.03 Å². The molecule has 0 spiro atoms. The number of nitrogen functional groups attached to an aromatic ring is 1. The Balaban J connectivity index is 1.54. The first-order valence-corrected chi connectivity index (χ1v) is 11.7. The second-order valence-corrected chi connectivity index (χ2v) is 9.63. The first-order valence-electron chi connectivity index (χ1n) is 10.5. The SMILES string of the molecule is CCC[C@H]1C(=O)N(Cc2ccc3c(N)ncnc3c2)[C@@H](C)CN1C(=O)Nc1ccc(Cl)s1. The lowest BCUT2D eigenvalue weighted by atomic mass is 10.0. The van der Waals surface area contributed by atoms with E-state index in [1.54, 1.807) is 17.0 Å². The van der Waals surface area contributed by atoms with E-state index in [9.17, 15) is 9.59 Å². The molecule has 168 valence electrons. The average molecular weight is 473 g/mol. The number of amides is 3. The lowest BCUT2D eigenvalue weighted by Gasteiger charge is -2.44. The van der Waals surface area contributed by atoms with Crippen molar-refractivity contribution in [2.45, 2.75) is 45.3 Å². The zero-order valence-electron chi connectivity index (χ0n) is 17.9. The van der Waals surface area contributed by atoms with Crippen molar-refractivity contribution in [3.8, 4) is 0 Å². The summed E-state index contributed by atoms with van der Waals surface area (Å²) < 4.78 is 0.599. The number of thiophene rings is 1. The van der Waals surface area contributed by atoms with Gasteiger partial charge in [0.1, 0.15) is 18.2 Å². The number of carbonyl (C=O) groups excluding carboxylic acids is 2. The van der Waals surface area contributed by atoms with Gasteiger partial charge in [0.15, 0.2) is 0 Å². The lowest BCUT2D eigenvalue weighted by molar-refractivity contribution is -0.144. The van der Waals surface area contributed by atoms with Gasteiger partial charge in [0.05, 0.1) is 14.9 Å². The summed E-state index contributed by atoms with van der Waals surface area (Å²) in [6.45, 7) is 4.86. The predicted octanol–water partition coefficient (Wildman–Crippen LogP) is 4.36. The maximum absolute atomic E-state index is 13.5. The molecular weight excluding hydrogens is 448 g/mol. The van der Waals surface area contributed by atoms with Crippen molar-refractivity contribution in [1.82, 2.24) is 19.8 Å². The maximum atomic E-state index is 13.5. The van der Waals surface area contributed by atoms with Crippen LogP contribution in [-0.2, 0) is 11.3 Å². The molecular formula is C22H25ClN6O2S. The van der Waals surface area contributed by atoms with Gasteiger partial charge in [-0.2, -0.15) is 0 Å². The first-order chi connectivity index (χ1) is 15.4. The van der Waals surface area contributed by atoms with Gasteiger partial charge in [-0.1, -0.05) is 31.0 Å². The number of halogens is 1. The van der Waals surface area contributed by atoms with E-state index in [0.29, 0.717) is 34.7 Å². The Bertz CT molecular complexity index is 1150. The number of benzene rings is 1. The van der Waals surface area contributed by atoms with E-state index in [1.807, 2.05) is 36.9 Å². The molecule has 10 heteroatoms. The molecule has 2 atom stereocenters. The largest absolute Gasteiger partial charge is 0.383 e. The Labute approximate surface area is 195 Å². The Kier molecular flexibility index (Phi) is 6.48. The summed E-state index contributed by atoms with van der Waals surface area (Å²) in [6, 6.07) is 8.33. The summed E-state index contributed by atoms with van der Waals surface area (Å²) in [4.78, 5) is 38.2. The Hall–Kier alpha value is -2.91. The fourth-order valence-electron chi connectivity index (χ4n) is 4.04. The van der Waals surface area contributed by atoms with Gasteiger partial charge < -0.3 is 15.5 Å². The van der Waals surface area contributed by atoms with Crippen molar-refractivity contribution in [3.05, 3.63) is 46.6 Å². The number of nitrogens with one attached hydrogen (secondary N) is 1. The van der Waals surface area contributed by atoms with E-state index in [2.05, 4.69) is 15.3 Å². The third-order valence-electron chi connectivity index (χ3n) is 5.65. The number of piperazine rings is 1. The summed E-state index contributed by atoms with van der Waals surface area (Å²) in [5.41, 5.74) is 7.62. The lowest BCUT2D eigenvalue weighted by Crippen LogP contribution is -2.62. The first kappa shape index (κ1) is 22.3. The standard InChI is InChI=1S/C22H25ClN6O2S/c1-3-4-17-21(30)28(11-14-5-6-15-16(9-14)25-12-26-20(15)24)13(2)10-29(17)22(31)27-19-8-7-18(23)32-19/h5-9,12-13,17H,3-4,10-11H2,1-2H3,(H,27,31)(H2,24,25,26)/t13-,17-/m0/s1. The molecule has 0 radical (unpaired) electrons. The number of urea groups is 1. The molecule has 0 bridgehead atoms. The zero-order valence-corrected chi connectivity index (χ0v) is 19.5. The summed E-state index contributed by atoms with van der Waals surface area (Å²) in [5.74, 6) is 0.382. The van der Waals surface area contributed by atoms with Crippen LogP contribution in [0.2, 0.25) is 4.34 Å². The van der Waals surface area contributed by atoms with E-state index in [1.165, 1.54) is 17.7 Å². The van der Waals surface area contributed by atoms with Crippen LogP contribution in [-0.4, -0.2) is 50.3 Å². The monoisotopic (exact) mass is 472 g/mol. The molecule has 0 aliphatic carbocycles. The normalized spacial score (nSPS) is 18.9. The fourth-order valence-corrected chi connectivity index (χ4v) is 4.97. The van der Waals surface area contributed by atoms with Gasteiger partial charge in [0.25, 0.3) is 0 Å². The number of anilines is 2. The summed E-state index contributed by atoms with van der Waals surface area (Å²) >= 11 is 7.27. The van der Waals surface area contributed by atoms with E-state index in [0.717, 1.165) is 22.9 Å².